The lowest BCUT2D eigenvalue weighted by Gasteiger charge is -2.08. The van der Waals surface area contributed by atoms with E-state index in [9.17, 15) is 9.59 Å². The number of anilines is 1. The summed E-state index contributed by atoms with van der Waals surface area (Å²) in [5.74, 6) is 0.0458. The number of rotatable bonds is 7. The molecule has 0 aromatic heterocycles. The third kappa shape index (κ3) is 4.84. The Hall–Kier alpha value is -2.82. The van der Waals surface area contributed by atoms with Crippen molar-refractivity contribution < 1.29 is 19.1 Å². The Kier molecular flexibility index (Phi) is 6.37. The predicted molar refractivity (Wildman–Crippen MR) is 92.6 cm³/mol. The third-order valence-electron chi connectivity index (χ3n) is 3.42. The standard InChI is InChI=1S/C19H21NO4/c1-3-4-12-24-17-10-8-14(9-11-17)18(21)20-16-7-5-6-15(13-16)19(22)23-2/h5-11,13H,3-4,12H2,1-2H3,(H,20,21). The second kappa shape index (κ2) is 8.72. The van der Waals surface area contributed by atoms with Crippen LogP contribution in [0.2, 0.25) is 0 Å². The monoisotopic (exact) mass is 327 g/mol. The summed E-state index contributed by atoms with van der Waals surface area (Å²) in [7, 11) is 1.32. The number of benzene rings is 2. The Morgan fingerprint density at radius 2 is 1.79 bits per heavy atom. The fourth-order valence-electron chi connectivity index (χ4n) is 2.08. The number of esters is 1. The lowest BCUT2D eigenvalue weighted by molar-refractivity contribution is 0.0600. The maximum Gasteiger partial charge on any atom is 0.337 e. The predicted octanol–water partition coefficient (Wildman–Crippen LogP) is 3.90. The Morgan fingerprint density at radius 1 is 1.04 bits per heavy atom. The molecular formula is C19H21NO4. The van der Waals surface area contributed by atoms with Crippen LogP contribution in [0.15, 0.2) is 48.5 Å². The lowest BCUT2D eigenvalue weighted by Crippen LogP contribution is -2.12. The largest absolute Gasteiger partial charge is 0.494 e. The normalized spacial score (nSPS) is 10.1. The zero-order valence-electron chi connectivity index (χ0n) is 13.9. The molecule has 0 spiro atoms. The van der Waals surface area contributed by atoms with Crippen molar-refractivity contribution >= 4 is 17.6 Å². The van der Waals surface area contributed by atoms with Crippen molar-refractivity contribution in [1.82, 2.24) is 0 Å². The molecule has 126 valence electrons. The Labute approximate surface area is 141 Å². The van der Waals surface area contributed by atoms with Gasteiger partial charge in [0.05, 0.1) is 19.3 Å². The Morgan fingerprint density at radius 3 is 2.46 bits per heavy atom. The van der Waals surface area contributed by atoms with Crippen molar-refractivity contribution in [1.29, 1.82) is 0 Å². The number of ether oxygens (including phenoxy) is 2. The van der Waals surface area contributed by atoms with Gasteiger partial charge in [-0.3, -0.25) is 4.79 Å². The number of carbonyl (C=O) groups excluding carboxylic acids is 2. The molecule has 2 aromatic carbocycles. The second-order valence-corrected chi connectivity index (χ2v) is 5.25. The smallest absolute Gasteiger partial charge is 0.337 e. The van der Waals surface area contributed by atoms with E-state index in [1.54, 1.807) is 48.5 Å². The van der Waals surface area contributed by atoms with Gasteiger partial charge >= 0.3 is 5.97 Å². The molecule has 2 aromatic rings. The number of unbranched alkanes of at least 4 members (excludes halogenated alkanes) is 1. The van der Waals surface area contributed by atoms with Crippen LogP contribution in [0.25, 0.3) is 0 Å². The summed E-state index contributed by atoms with van der Waals surface area (Å²) in [6.07, 6.45) is 2.07. The number of amides is 1. The van der Waals surface area contributed by atoms with Gasteiger partial charge in [-0.05, 0) is 48.9 Å². The van der Waals surface area contributed by atoms with Crippen molar-refractivity contribution in [3.63, 3.8) is 0 Å². The van der Waals surface area contributed by atoms with Gasteiger partial charge in [0.25, 0.3) is 5.91 Å². The average Bonchev–Trinajstić information content (AvgIpc) is 2.62. The molecule has 0 heterocycles. The zero-order valence-corrected chi connectivity index (χ0v) is 13.9. The molecule has 0 radical (unpaired) electrons. The molecule has 0 atom stereocenters. The van der Waals surface area contributed by atoms with Crippen LogP contribution in [0.5, 0.6) is 5.75 Å². The summed E-state index contributed by atoms with van der Waals surface area (Å²) in [5, 5.41) is 2.76. The van der Waals surface area contributed by atoms with Crippen LogP contribution in [0, 0.1) is 0 Å². The van der Waals surface area contributed by atoms with E-state index in [0.717, 1.165) is 18.6 Å². The van der Waals surface area contributed by atoms with Gasteiger partial charge in [0.2, 0.25) is 0 Å². The molecule has 24 heavy (non-hydrogen) atoms. The zero-order chi connectivity index (χ0) is 17.4. The highest BCUT2D eigenvalue weighted by Gasteiger charge is 2.09. The summed E-state index contributed by atoms with van der Waals surface area (Å²) in [4.78, 5) is 23.8. The first-order valence-electron chi connectivity index (χ1n) is 7.86. The topological polar surface area (TPSA) is 64.6 Å². The lowest BCUT2D eigenvalue weighted by atomic mass is 10.1. The minimum Gasteiger partial charge on any atom is -0.494 e. The fourth-order valence-corrected chi connectivity index (χ4v) is 2.08. The highest BCUT2D eigenvalue weighted by molar-refractivity contribution is 6.04. The van der Waals surface area contributed by atoms with Gasteiger partial charge in [-0.15, -0.1) is 0 Å². The highest BCUT2D eigenvalue weighted by Crippen LogP contribution is 2.16. The second-order valence-electron chi connectivity index (χ2n) is 5.25. The number of hydrogen-bond donors (Lipinski definition) is 1. The number of methoxy groups -OCH3 is 1. The van der Waals surface area contributed by atoms with Gasteiger partial charge < -0.3 is 14.8 Å². The molecule has 0 fully saturated rings. The van der Waals surface area contributed by atoms with Gasteiger partial charge in [0.1, 0.15) is 5.75 Å². The molecule has 0 unspecified atom stereocenters. The number of nitrogens with one attached hydrogen (secondary N) is 1. The van der Waals surface area contributed by atoms with E-state index in [2.05, 4.69) is 17.0 Å². The van der Waals surface area contributed by atoms with Crippen LogP contribution >= 0.6 is 0 Å². The van der Waals surface area contributed by atoms with E-state index < -0.39 is 5.97 Å². The molecule has 0 bridgehead atoms. The number of carbonyl (C=O) groups is 2. The van der Waals surface area contributed by atoms with Gasteiger partial charge in [-0.2, -0.15) is 0 Å². The summed E-state index contributed by atoms with van der Waals surface area (Å²) in [5.41, 5.74) is 1.43. The molecule has 1 amide bonds. The quantitative estimate of drug-likeness (QED) is 0.619. The summed E-state index contributed by atoms with van der Waals surface area (Å²) in [6.45, 7) is 2.77. The molecule has 0 aliphatic carbocycles. The van der Waals surface area contributed by atoms with E-state index in [1.165, 1.54) is 7.11 Å². The third-order valence-corrected chi connectivity index (χ3v) is 3.42. The van der Waals surface area contributed by atoms with E-state index in [-0.39, 0.29) is 5.91 Å². The van der Waals surface area contributed by atoms with Crippen molar-refractivity contribution in [2.24, 2.45) is 0 Å². The van der Waals surface area contributed by atoms with Crippen molar-refractivity contribution in [3.8, 4) is 5.75 Å². The summed E-state index contributed by atoms with van der Waals surface area (Å²) >= 11 is 0. The van der Waals surface area contributed by atoms with Crippen molar-refractivity contribution in [2.45, 2.75) is 19.8 Å². The molecular weight excluding hydrogens is 306 g/mol. The van der Waals surface area contributed by atoms with E-state index in [1.807, 2.05) is 0 Å². The molecule has 0 saturated carbocycles. The Bertz CT molecular complexity index is 695. The van der Waals surface area contributed by atoms with E-state index in [0.29, 0.717) is 23.4 Å². The van der Waals surface area contributed by atoms with Crippen LogP contribution < -0.4 is 10.1 Å². The van der Waals surface area contributed by atoms with Gasteiger partial charge in [0, 0.05) is 11.3 Å². The van der Waals surface area contributed by atoms with Crippen molar-refractivity contribution in [2.75, 3.05) is 19.0 Å². The van der Waals surface area contributed by atoms with Gasteiger partial charge in [0.15, 0.2) is 0 Å². The van der Waals surface area contributed by atoms with E-state index in [4.69, 9.17) is 4.74 Å². The molecule has 0 saturated heterocycles. The molecule has 0 aliphatic heterocycles. The minimum absolute atomic E-state index is 0.253. The number of hydrogen-bond acceptors (Lipinski definition) is 4. The van der Waals surface area contributed by atoms with Crippen molar-refractivity contribution in [3.05, 3.63) is 59.7 Å². The Balaban J connectivity index is 2.00. The fraction of sp³-hybridized carbons (Fsp3) is 0.263. The molecule has 1 N–H and O–H groups in total. The van der Waals surface area contributed by atoms with Crippen LogP contribution in [-0.4, -0.2) is 25.6 Å². The van der Waals surface area contributed by atoms with Crippen LogP contribution in [-0.2, 0) is 4.74 Å². The summed E-state index contributed by atoms with van der Waals surface area (Å²) < 4.78 is 10.2. The first-order valence-corrected chi connectivity index (χ1v) is 7.86. The van der Waals surface area contributed by atoms with Crippen LogP contribution in [0.1, 0.15) is 40.5 Å². The van der Waals surface area contributed by atoms with Crippen LogP contribution in [0.4, 0.5) is 5.69 Å². The van der Waals surface area contributed by atoms with Crippen LogP contribution in [0.3, 0.4) is 0 Å². The van der Waals surface area contributed by atoms with E-state index >= 15 is 0 Å². The molecule has 5 heteroatoms. The molecule has 2 rings (SSSR count). The maximum atomic E-state index is 12.3. The van der Waals surface area contributed by atoms with Gasteiger partial charge in [-0.1, -0.05) is 19.4 Å². The summed E-state index contributed by atoms with van der Waals surface area (Å²) in [6, 6.07) is 13.6. The highest BCUT2D eigenvalue weighted by atomic mass is 16.5. The van der Waals surface area contributed by atoms with Gasteiger partial charge in [-0.25, -0.2) is 4.79 Å². The maximum absolute atomic E-state index is 12.3. The first-order chi connectivity index (χ1) is 11.6. The first kappa shape index (κ1) is 17.5. The average molecular weight is 327 g/mol. The molecule has 5 nitrogen and oxygen atoms in total. The minimum atomic E-state index is -0.445. The molecule has 0 aliphatic rings. The SMILES string of the molecule is CCCCOc1ccc(C(=O)Nc2cccc(C(=O)OC)c2)cc1.